The van der Waals surface area contributed by atoms with Gasteiger partial charge in [-0.25, -0.2) is 22.0 Å². The SMILES string of the molecule is CS(=O)(=O)c1ccc(Cl)c(S(N)(=O)=O)c1. The van der Waals surface area contributed by atoms with E-state index in [9.17, 15) is 16.8 Å². The van der Waals surface area contributed by atoms with E-state index in [1.165, 1.54) is 12.1 Å². The summed E-state index contributed by atoms with van der Waals surface area (Å²) in [4.78, 5) is -0.539. The third kappa shape index (κ3) is 2.91. The Balaban J connectivity index is 3.57. The van der Waals surface area contributed by atoms with Crippen LogP contribution in [0.4, 0.5) is 0 Å². The number of nitrogens with two attached hydrogens (primary N) is 1. The fraction of sp³-hybridized carbons (Fsp3) is 0.143. The van der Waals surface area contributed by atoms with Gasteiger partial charge in [0.25, 0.3) is 0 Å². The molecule has 0 aliphatic heterocycles. The molecule has 0 radical (unpaired) electrons. The van der Waals surface area contributed by atoms with E-state index in [0.29, 0.717) is 0 Å². The standard InChI is InChI=1S/C7H8ClNO4S2/c1-14(10,11)5-2-3-6(8)7(4-5)15(9,12)13/h2-4H,1H3,(H2,9,12,13). The van der Waals surface area contributed by atoms with Crippen LogP contribution in [0.3, 0.4) is 0 Å². The molecule has 0 unspecified atom stereocenters. The van der Waals surface area contributed by atoms with Gasteiger partial charge in [-0.3, -0.25) is 0 Å². The van der Waals surface area contributed by atoms with Gasteiger partial charge in [-0.1, -0.05) is 11.6 Å². The Morgan fingerprint density at radius 2 is 1.73 bits per heavy atom. The largest absolute Gasteiger partial charge is 0.239 e. The third-order valence-electron chi connectivity index (χ3n) is 1.64. The van der Waals surface area contributed by atoms with E-state index < -0.39 is 24.8 Å². The van der Waals surface area contributed by atoms with E-state index >= 15 is 0 Å². The zero-order chi connectivity index (χ0) is 11.9. The predicted octanol–water partition coefficient (Wildman–Crippen LogP) is 0.391. The summed E-state index contributed by atoms with van der Waals surface area (Å²) in [6.07, 6.45) is 0.961. The summed E-state index contributed by atoms with van der Waals surface area (Å²) in [5.41, 5.74) is 0. The molecule has 2 N–H and O–H groups in total. The zero-order valence-electron chi connectivity index (χ0n) is 7.64. The Morgan fingerprint density at radius 1 is 1.20 bits per heavy atom. The minimum Gasteiger partial charge on any atom is -0.225 e. The van der Waals surface area contributed by atoms with Gasteiger partial charge in [0.2, 0.25) is 10.0 Å². The van der Waals surface area contributed by atoms with Crippen molar-refractivity contribution in [2.75, 3.05) is 6.26 Å². The molecule has 0 fully saturated rings. The van der Waals surface area contributed by atoms with Crippen LogP contribution in [0.5, 0.6) is 0 Å². The highest BCUT2D eigenvalue weighted by atomic mass is 35.5. The van der Waals surface area contributed by atoms with Crippen LogP contribution < -0.4 is 5.14 Å². The molecule has 0 saturated carbocycles. The molecule has 0 heterocycles. The van der Waals surface area contributed by atoms with Crippen LogP contribution >= 0.6 is 11.6 Å². The van der Waals surface area contributed by atoms with Crippen LogP contribution in [-0.2, 0) is 19.9 Å². The van der Waals surface area contributed by atoms with Crippen LogP contribution in [0.15, 0.2) is 28.0 Å². The Labute approximate surface area is 92.8 Å². The van der Waals surface area contributed by atoms with Gasteiger partial charge in [0.1, 0.15) is 4.90 Å². The Kier molecular flexibility index (Phi) is 3.11. The maximum Gasteiger partial charge on any atom is 0.239 e. The molecular formula is C7H8ClNO4S2. The molecule has 0 amide bonds. The van der Waals surface area contributed by atoms with E-state index in [1.807, 2.05) is 0 Å². The summed E-state index contributed by atoms with van der Waals surface area (Å²) in [5.74, 6) is 0. The average Bonchev–Trinajstić information content (AvgIpc) is 2.00. The molecular weight excluding hydrogens is 262 g/mol. The molecule has 15 heavy (non-hydrogen) atoms. The molecule has 1 aromatic rings. The molecule has 1 aromatic carbocycles. The van der Waals surface area contributed by atoms with Crippen molar-refractivity contribution in [3.63, 3.8) is 0 Å². The van der Waals surface area contributed by atoms with Crippen molar-refractivity contribution in [1.82, 2.24) is 0 Å². The van der Waals surface area contributed by atoms with Gasteiger partial charge in [-0.2, -0.15) is 0 Å². The first-order valence-electron chi connectivity index (χ1n) is 3.65. The molecule has 0 aliphatic carbocycles. The van der Waals surface area contributed by atoms with Crippen LogP contribution in [-0.4, -0.2) is 23.1 Å². The summed E-state index contributed by atoms with van der Waals surface area (Å²) in [6, 6.07) is 3.33. The van der Waals surface area contributed by atoms with E-state index in [-0.39, 0.29) is 9.92 Å². The predicted molar refractivity (Wildman–Crippen MR) is 55.9 cm³/mol. The third-order valence-corrected chi connectivity index (χ3v) is 4.14. The second-order valence-corrected chi connectivity index (χ2v) is 6.86. The second kappa shape index (κ2) is 3.75. The highest BCUT2D eigenvalue weighted by molar-refractivity contribution is 7.91. The molecule has 5 nitrogen and oxygen atoms in total. The van der Waals surface area contributed by atoms with Gasteiger partial charge < -0.3 is 0 Å². The maximum atomic E-state index is 11.1. The van der Waals surface area contributed by atoms with Gasteiger partial charge in [-0.15, -0.1) is 0 Å². The molecule has 84 valence electrons. The quantitative estimate of drug-likeness (QED) is 0.840. The lowest BCUT2D eigenvalue weighted by Crippen LogP contribution is -2.13. The zero-order valence-corrected chi connectivity index (χ0v) is 10.0. The summed E-state index contributed by atoms with van der Waals surface area (Å²) in [5, 5.41) is 4.76. The number of benzene rings is 1. The van der Waals surface area contributed by atoms with Crippen LogP contribution in [0.2, 0.25) is 5.02 Å². The number of sulfonamides is 1. The Bertz CT molecular complexity index is 591. The van der Waals surface area contributed by atoms with Crippen LogP contribution in [0.1, 0.15) is 0 Å². The maximum absolute atomic E-state index is 11.1. The van der Waals surface area contributed by atoms with Crippen molar-refractivity contribution in [3.05, 3.63) is 23.2 Å². The van der Waals surface area contributed by atoms with E-state index in [1.54, 1.807) is 0 Å². The lowest BCUT2D eigenvalue weighted by Gasteiger charge is -2.03. The summed E-state index contributed by atoms with van der Waals surface area (Å²) >= 11 is 5.58. The van der Waals surface area contributed by atoms with Gasteiger partial charge >= 0.3 is 0 Å². The van der Waals surface area contributed by atoms with Crippen molar-refractivity contribution >= 4 is 31.5 Å². The Morgan fingerprint density at radius 3 is 2.13 bits per heavy atom. The van der Waals surface area contributed by atoms with Crippen LogP contribution in [0.25, 0.3) is 0 Å². The Hall–Kier alpha value is -0.630. The van der Waals surface area contributed by atoms with Gasteiger partial charge in [0.05, 0.1) is 9.92 Å². The van der Waals surface area contributed by atoms with E-state index in [4.69, 9.17) is 16.7 Å². The molecule has 0 spiro atoms. The molecule has 0 bridgehead atoms. The number of rotatable bonds is 2. The normalized spacial score (nSPS) is 12.7. The lowest BCUT2D eigenvalue weighted by atomic mass is 10.4. The fourth-order valence-electron chi connectivity index (χ4n) is 0.932. The van der Waals surface area contributed by atoms with E-state index in [0.717, 1.165) is 12.3 Å². The molecule has 8 heteroatoms. The van der Waals surface area contributed by atoms with Crippen molar-refractivity contribution in [1.29, 1.82) is 0 Å². The summed E-state index contributed by atoms with van der Waals surface area (Å²) in [7, 11) is -7.49. The van der Waals surface area contributed by atoms with Crippen molar-refractivity contribution in [3.8, 4) is 0 Å². The minimum atomic E-state index is -4.01. The molecule has 0 aliphatic rings. The highest BCUT2D eigenvalue weighted by Gasteiger charge is 2.16. The first-order valence-corrected chi connectivity index (χ1v) is 7.46. The monoisotopic (exact) mass is 269 g/mol. The molecule has 0 aromatic heterocycles. The highest BCUT2D eigenvalue weighted by Crippen LogP contribution is 2.23. The van der Waals surface area contributed by atoms with Crippen molar-refractivity contribution in [2.24, 2.45) is 5.14 Å². The molecule has 1 rings (SSSR count). The summed E-state index contributed by atoms with van der Waals surface area (Å²) < 4.78 is 44.4. The second-order valence-electron chi connectivity index (χ2n) is 2.91. The number of halogens is 1. The fourth-order valence-corrected chi connectivity index (χ4v) is 2.73. The van der Waals surface area contributed by atoms with Gasteiger partial charge in [-0.05, 0) is 18.2 Å². The number of primary sulfonamides is 1. The number of hydrogen-bond acceptors (Lipinski definition) is 4. The minimum absolute atomic E-state index is 0.107. The summed E-state index contributed by atoms with van der Waals surface area (Å²) in [6.45, 7) is 0. The van der Waals surface area contributed by atoms with Gasteiger partial charge in [0.15, 0.2) is 9.84 Å². The number of hydrogen-bond donors (Lipinski definition) is 1. The van der Waals surface area contributed by atoms with Crippen LogP contribution in [0, 0.1) is 0 Å². The lowest BCUT2D eigenvalue weighted by molar-refractivity contribution is 0.597. The first-order chi connectivity index (χ1) is 6.62. The van der Waals surface area contributed by atoms with Crippen molar-refractivity contribution < 1.29 is 16.8 Å². The smallest absolute Gasteiger partial charge is 0.225 e. The number of sulfone groups is 1. The molecule has 0 saturated heterocycles. The molecule has 0 atom stereocenters. The van der Waals surface area contributed by atoms with E-state index in [2.05, 4.69) is 0 Å². The first kappa shape index (κ1) is 12.4. The van der Waals surface area contributed by atoms with Crippen molar-refractivity contribution in [2.45, 2.75) is 9.79 Å². The topological polar surface area (TPSA) is 94.3 Å². The van der Waals surface area contributed by atoms with Gasteiger partial charge in [0, 0.05) is 6.26 Å². The average molecular weight is 270 g/mol.